The number of hydrogen-bond donors (Lipinski definition) is 0. The molecule has 38 valence electrons. The third kappa shape index (κ3) is 4.55. The maximum atomic E-state index is 9.35. The quantitative estimate of drug-likeness (QED) is 0.442. The third-order valence-corrected chi connectivity index (χ3v) is 0.983. The maximum Gasteiger partial charge on any atom is 0.118 e. The Kier molecular flexibility index (Phi) is 4.07. The van der Waals surface area contributed by atoms with Crippen molar-refractivity contribution in [2.24, 2.45) is 0 Å². The first-order valence-electron chi connectivity index (χ1n) is 1.06. The van der Waals surface area contributed by atoms with E-state index in [9.17, 15) is 8.76 Å². The summed E-state index contributed by atoms with van der Waals surface area (Å²) in [6.07, 6.45) is 0. The number of halogens is 1. The molecule has 0 aliphatic rings. The van der Waals surface area contributed by atoms with Crippen LogP contribution in [0.25, 0.3) is 0 Å². The molecule has 0 fully saturated rings. The second kappa shape index (κ2) is 3.73. The van der Waals surface area contributed by atoms with Gasteiger partial charge in [0.25, 0.3) is 0 Å². The highest BCUT2D eigenvalue weighted by Gasteiger charge is 1.72. The molecule has 6 heavy (non-hydrogen) atoms. The minimum Gasteiger partial charge on any atom is -0.750 e. The van der Waals surface area contributed by atoms with Crippen molar-refractivity contribution in [1.29, 1.82) is 0 Å². The second-order valence-corrected chi connectivity index (χ2v) is 1.53. The summed E-state index contributed by atoms with van der Waals surface area (Å²) in [5, 5.41) is 0. The van der Waals surface area contributed by atoms with Crippen LogP contribution >= 0.6 is 15.9 Å². The molecule has 0 heterocycles. The zero-order valence-electron chi connectivity index (χ0n) is 2.72. The molecule has 3 nitrogen and oxygen atoms in total. The normalized spacial score (nSPS) is 14.3. The smallest absolute Gasteiger partial charge is 0.118 e. The molecule has 1 atom stereocenters. The monoisotopic (exact) mass is 173 g/mol. The lowest BCUT2D eigenvalue weighted by Gasteiger charge is -1.97. The van der Waals surface area contributed by atoms with Crippen LogP contribution in [-0.4, -0.2) is 14.3 Å². The first-order chi connectivity index (χ1) is 2.77. The van der Waals surface area contributed by atoms with E-state index in [1.165, 1.54) is 0 Å². The summed E-state index contributed by atoms with van der Waals surface area (Å²) < 4.78 is 22.6. The molecule has 0 saturated heterocycles. The first kappa shape index (κ1) is 6.55. The molecule has 0 aromatic rings. The van der Waals surface area contributed by atoms with E-state index in [4.69, 9.17) is 0 Å². The highest BCUT2D eigenvalue weighted by Crippen LogP contribution is 1.82. The van der Waals surface area contributed by atoms with Crippen LogP contribution in [0.2, 0.25) is 0 Å². The van der Waals surface area contributed by atoms with E-state index in [1.807, 2.05) is 0 Å². The van der Waals surface area contributed by atoms with Gasteiger partial charge in [0.1, 0.15) is 5.52 Å². The molecule has 0 radical (unpaired) electrons. The average Bonchev–Trinajstić information content (AvgIpc) is 1.35. The van der Waals surface area contributed by atoms with E-state index in [0.717, 1.165) is 0 Å². The second-order valence-electron chi connectivity index (χ2n) is 0.431. The average molecular weight is 174 g/mol. The van der Waals surface area contributed by atoms with Crippen LogP contribution in [0.15, 0.2) is 0 Å². The molecule has 5 heteroatoms. The first-order valence-corrected chi connectivity index (χ1v) is 3.18. The van der Waals surface area contributed by atoms with Crippen molar-refractivity contribution in [2.75, 3.05) is 5.52 Å². The van der Waals surface area contributed by atoms with Gasteiger partial charge in [0.05, 0.1) is 11.4 Å². The van der Waals surface area contributed by atoms with Crippen LogP contribution in [0.5, 0.6) is 0 Å². The Morgan fingerprint density at radius 3 is 2.50 bits per heavy atom. The van der Waals surface area contributed by atoms with Crippen LogP contribution in [0.3, 0.4) is 0 Å². The third-order valence-electron chi connectivity index (χ3n) is 0.141. The van der Waals surface area contributed by atoms with Gasteiger partial charge in [0.2, 0.25) is 0 Å². The number of hydrogen-bond acceptors (Lipinski definition) is 3. The van der Waals surface area contributed by atoms with Crippen LogP contribution in [-0.2, 0) is 15.5 Å². The molecule has 0 rings (SSSR count). The topological polar surface area (TPSA) is 49.4 Å². The lowest BCUT2D eigenvalue weighted by molar-refractivity contribution is 0.358. The van der Waals surface area contributed by atoms with Crippen LogP contribution < -0.4 is 0 Å². The van der Waals surface area contributed by atoms with Gasteiger partial charge in [-0.1, -0.05) is 15.9 Å². The van der Waals surface area contributed by atoms with E-state index in [1.54, 1.807) is 0 Å². The summed E-state index contributed by atoms with van der Waals surface area (Å²) in [6, 6.07) is 0. The summed E-state index contributed by atoms with van der Waals surface area (Å²) in [5.74, 6) is 0. The Morgan fingerprint density at radius 2 is 2.50 bits per heavy atom. The molecule has 0 amide bonds. The van der Waals surface area contributed by atoms with Crippen molar-refractivity contribution >= 4 is 27.3 Å². The van der Waals surface area contributed by atoms with Crippen molar-refractivity contribution in [2.45, 2.75) is 0 Å². The van der Waals surface area contributed by atoms with Crippen LogP contribution in [0.4, 0.5) is 0 Å². The van der Waals surface area contributed by atoms with E-state index in [0.29, 0.717) is 0 Å². The van der Waals surface area contributed by atoms with Gasteiger partial charge in [0.15, 0.2) is 0 Å². The standard InChI is InChI=1S/CH3BrO3S/c2-1-5-6(3)4/h1H2,(H,3,4)/p-1. The summed E-state index contributed by atoms with van der Waals surface area (Å²) >= 11 is 0.372. The number of rotatable bonds is 2. The fourth-order valence-electron chi connectivity index (χ4n) is 0.0364. The number of alkyl halides is 1. The lowest BCUT2D eigenvalue weighted by atomic mass is 11.8. The molecule has 1 unspecified atom stereocenters. The van der Waals surface area contributed by atoms with Gasteiger partial charge in [-0.2, -0.15) is 0 Å². The molecule has 0 aromatic carbocycles. The summed E-state index contributed by atoms with van der Waals surface area (Å²) in [5.41, 5.74) is 0.0309. The zero-order chi connectivity index (χ0) is 4.99. The summed E-state index contributed by atoms with van der Waals surface area (Å²) in [4.78, 5) is 0. The Bertz CT molecular complexity index is 54.8. The van der Waals surface area contributed by atoms with Crippen molar-refractivity contribution in [3.05, 3.63) is 0 Å². The fourth-order valence-corrected chi connectivity index (χ4v) is 0.567. The summed E-state index contributed by atoms with van der Waals surface area (Å²) in [7, 11) is 0. The molecule has 0 aliphatic carbocycles. The van der Waals surface area contributed by atoms with Gasteiger partial charge in [-0.15, -0.1) is 0 Å². The van der Waals surface area contributed by atoms with E-state index in [-0.39, 0.29) is 5.52 Å². The van der Waals surface area contributed by atoms with Gasteiger partial charge in [0, 0.05) is 0 Å². The summed E-state index contributed by atoms with van der Waals surface area (Å²) in [6.45, 7) is 0. The van der Waals surface area contributed by atoms with Crippen LogP contribution in [0.1, 0.15) is 0 Å². The zero-order valence-corrected chi connectivity index (χ0v) is 5.12. The van der Waals surface area contributed by atoms with E-state index in [2.05, 4.69) is 20.1 Å². The molecular formula is CH2BrO3S-. The fraction of sp³-hybridized carbons (Fsp3) is 1.00. The van der Waals surface area contributed by atoms with Gasteiger partial charge in [-0.25, -0.2) is 4.21 Å². The van der Waals surface area contributed by atoms with Gasteiger partial charge in [-0.05, 0) is 0 Å². The minimum atomic E-state index is -2.36. The predicted octanol–water partition coefficient (Wildman–Crippen LogP) is 0.150. The highest BCUT2D eigenvalue weighted by molar-refractivity contribution is 9.09. The molecule has 0 saturated carbocycles. The molecule has 0 bridgehead atoms. The van der Waals surface area contributed by atoms with Crippen LogP contribution in [0, 0.1) is 0 Å². The molecule has 0 spiro atoms. The van der Waals surface area contributed by atoms with Crippen molar-refractivity contribution in [1.82, 2.24) is 0 Å². The highest BCUT2D eigenvalue weighted by atomic mass is 79.9. The molecule has 0 N–H and O–H groups in total. The molecular weight excluding hydrogens is 172 g/mol. The van der Waals surface area contributed by atoms with Crippen molar-refractivity contribution in [3.8, 4) is 0 Å². The van der Waals surface area contributed by atoms with Gasteiger partial charge >= 0.3 is 0 Å². The molecule has 0 aromatic heterocycles. The van der Waals surface area contributed by atoms with Gasteiger partial charge in [-0.3, -0.25) is 4.18 Å². The Labute approximate surface area is 46.3 Å². The lowest BCUT2D eigenvalue weighted by Crippen LogP contribution is -1.89. The van der Waals surface area contributed by atoms with Crippen molar-refractivity contribution in [3.63, 3.8) is 0 Å². The molecule has 0 aliphatic heterocycles. The Hall–Kier alpha value is 0.550. The largest absolute Gasteiger partial charge is 0.750 e. The van der Waals surface area contributed by atoms with E-state index < -0.39 is 11.4 Å². The minimum absolute atomic E-state index is 0.0309. The Morgan fingerprint density at radius 1 is 2.00 bits per heavy atom. The van der Waals surface area contributed by atoms with Gasteiger partial charge < -0.3 is 4.55 Å². The van der Waals surface area contributed by atoms with Crippen molar-refractivity contribution < 1.29 is 12.9 Å². The maximum absolute atomic E-state index is 9.35. The Balaban J connectivity index is 2.83. The predicted molar refractivity (Wildman–Crippen MR) is 23.8 cm³/mol. The SMILES string of the molecule is O=S([O-])OCBr. The van der Waals surface area contributed by atoms with E-state index >= 15 is 0 Å².